The van der Waals surface area contributed by atoms with Crippen LogP contribution in [0.5, 0.6) is 0 Å². The lowest BCUT2D eigenvalue weighted by Gasteiger charge is -2.28. The number of aliphatic carboxylic acids is 1. The highest BCUT2D eigenvalue weighted by molar-refractivity contribution is 8.00. The number of hydrogen-bond acceptors (Lipinski definition) is 5. The first-order valence-electron chi connectivity index (χ1n) is 6.75. The molecule has 0 aromatic heterocycles. The van der Waals surface area contributed by atoms with Crippen molar-refractivity contribution in [1.29, 1.82) is 0 Å². The van der Waals surface area contributed by atoms with Crippen LogP contribution in [-0.4, -0.2) is 45.4 Å². The summed E-state index contributed by atoms with van der Waals surface area (Å²) in [5.41, 5.74) is 6.67. The van der Waals surface area contributed by atoms with Gasteiger partial charge in [-0.3, -0.25) is 4.79 Å². The molecule has 0 aliphatic heterocycles. The first-order chi connectivity index (χ1) is 9.83. The van der Waals surface area contributed by atoms with Crippen molar-refractivity contribution in [2.75, 3.05) is 12.4 Å². The van der Waals surface area contributed by atoms with E-state index in [4.69, 9.17) is 15.6 Å². The first-order valence-corrected chi connectivity index (χ1v) is 7.73. The first kappa shape index (κ1) is 18.0. The van der Waals surface area contributed by atoms with E-state index < -0.39 is 22.9 Å². The fraction of sp³-hybridized carbons (Fsp3) is 0.533. The number of carbonyl (C=O) groups is 1. The Bertz CT molecular complexity index is 439. The minimum atomic E-state index is -1.04. The molecule has 4 N–H and O–H groups in total. The summed E-state index contributed by atoms with van der Waals surface area (Å²) in [6.07, 6.45) is -0.654. The molecule has 118 valence electrons. The second-order valence-corrected chi connectivity index (χ2v) is 7.06. The maximum Gasteiger partial charge on any atom is 0.321 e. The minimum Gasteiger partial charge on any atom is -0.480 e. The van der Waals surface area contributed by atoms with Crippen LogP contribution in [0, 0.1) is 0 Å². The number of ether oxygens (including phenoxy) is 1. The predicted molar refractivity (Wildman–Crippen MR) is 84.3 cm³/mol. The van der Waals surface area contributed by atoms with Crippen LogP contribution in [0.1, 0.15) is 19.4 Å². The van der Waals surface area contributed by atoms with Crippen molar-refractivity contribution in [1.82, 2.24) is 0 Å². The summed E-state index contributed by atoms with van der Waals surface area (Å²) in [4.78, 5) is 10.9. The summed E-state index contributed by atoms with van der Waals surface area (Å²) in [6, 6.07) is 8.73. The Hall–Kier alpha value is -1.08. The van der Waals surface area contributed by atoms with E-state index in [1.165, 1.54) is 11.8 Å². The van der Waals surface area contributed by atoms with Crippen molar-refractivity contribution in [2.24, 2.45) is 5.73 Å². The minimum absolute atomic E-state index is 0.209. The number of benzene rings is 1. The molecule has 1 unspecified atom stereocenters. The van der Waals surface area contributed by atoms with E-state index in [1.807, 2.05) is 30.3 Å². The smallest absolute Gasteiger partial charge is 0.321 e. The van der Waals surface area contributed by atoms with Gasteiger partial charge in [0.2, 0.25) is 0 Å². The molecule has 0 fully saturated rings. The van der Waals surface area contributed by atoms with Crippen LogP contribution in [-0.2, 0) is 16.1 Å². The third kappa shape index (κ3) is 6.48. The largest absolute Gasteiger partial charge is 0.480 e. The number of carboxylic acid groups (broad SMARTS) is 1. The standard InChI is InChI=1S/C15H23NO4S/c1-15(2,13(16)14(18)19)21-10-12(17)9-20-8-11-6-4-3-5-7-11/h3-7,12-13,17H,8-10,16H2,1-2H3,(H,18,19)/t12?,13-/m0/s1. The van der Waals surface area contributed by atoms with Crippen LogP contribution in [0.3, 0.4) is 0 Å². The third-order valence-corrected chi connectivity index (χ3v) is 4.63. The van der Waals surface area contributed by atoms with Crippen molar-refractivity contribution >= 4 is 17.7 Å². The SMILES string of the molecule is CC(C)(SCC(O)COCc1ccccc1)[C@@H](N)C(=O)O. The lowest BCUT2D eigenvalue weighted by molar-refractivity contribution is -0.139. The molecule has 0 bridgehead atoms. The van der Waals surface area contributed by atoms with Crippen LogP contribution in [0.4, 0.5) is 0 Å². The van der Waals surface area contributed by atoms with Gasteiger partial charge in [-0.15, -0.1) is 0 Å². The van der Waals surface area contributed by atoms with E-state index in [0.29, 0.717) is 12.4 Å². The van der Waals surface area contributed by atoms with Gasteiger partial charge in [-0.1, -0.05) is 30.3 Å². The molecular weight excluding hydrogens is 290 g/mol. The number of rotatable bonds is 9. The van der Waals surface area contributed by atoms with Crippen LogP contribution in [0.2, 0.25) is 0 Å². The molecule has 0 amide bonds. The maximum atomic E-state index is 10.9. The van der Waals surface area contributed by atoms with E-state index in [-0.39, 0.29) is 6.61 Å². The third-order valence-electron chi connectivity index (χ3n) is 3.08. The van der Waals surface area contributed by atoms with Crippen molar-refractivity contribution < 1.29 is 19.7 Å². The van der Waals surface area contributed by atoms with Crippen LogP contribution in [0.25, 0.3) is 0 Å². The van der Waals surface area contributed by atoms with E-state index in [2.05, 4.69) is 0 Å². The molecule has 6 heteroatoms. The van der Waals surface area contributed by atoms with Crippen LogP contribution < -0.4 is 5.73 Å². The van der Waals surface area contributed by atoms with Gasteiger partial charge in [0.1, 0.15) is 6.04 Å². The Morgan fingerprint density at radius 3 is 2.57 bits per heavy atom. The molecule has 0 aliphatic rings. The molecule has 5 nitrogen and oxygen atoms in total. The van der Waals surface area contributed by atoms with Crippen LogP contribution in [0.15, 0.2) is 30.3 Å². The zero-order chi connectivity index (χ0) is 15.9. The zero-order valence-electron chi connectivity index (χ0n) is 12.4. The molecule has 0 radical (unpaired) electrons. The molecule has 1 rings (SSSR count). The van der Waals surface area contributed by atoms with E-state index >= 15 is 0 Å². The highest BCUT2D eigenvalue weighted by Crippen LogP contribution is 2.28. The molecule has 0 heterocycles. The number of hydrogen-bond donors (Lipinski definition) is 3. The van der Waals surface area contributed by atoms with Gasteiger partial charge in [-0.2, -0.15) is 11.8 Å². The highest BCUT2D eigenvalue weighted by atomic mass is 32.2. The van der Waals surface area contributed by atoms with Gasteiger partial charge in [-0.25, -0.2) is 0 Å². The van der Waals surface area contributed by atoms with Gasteiger partial charge >= 0.3 is 5.97 Å². The van der Waals surface area contributed by atoms with Crippen molar-refractivity contribution in [3.63, 3.8) is 0 Å². The summed E-state index contributed by atoms with van der Waals surface area (Å²) in [5, 5.41) is 18.8. The molecule has 1 aromatic rings. The van der Waals surface area contributed by atoms with Gasteiger partial charge < -0.3 is 20.7 Å². The Morgan fingerprint density at radius 2 is 2.00 bits per heavy atom. The predicted octanol–water partition coefficient (Wildman–Crippen LogP) is 1.49. The Morgan fingerprint density at radius 1 is 1.38 bits per heavy atom. The molecule has 0 saturated heterocycles. The van der Waals surface area contributed by atoms with Crippen LogP contribution >= 0.6 is 11.8 Å². The van der Waals surface area contributed by atoms with Gasteiger partial charge in [0.15, 0.2) is 0 Å². The van der Waals surface area contributed by atoms with Gasteiger partial charge in [0.25, 0.3) is 0 Å². The summed E-state index contributed by atoms with van der Waals surface area (Å²) in [5.74, 6) is -0.662. The summed E-state index contributed by atoms with van der Waals surface area (Å²) in [7, 11) is 0. The van der Waals surface area contributed by atoms with Crippen molar-refractivity contribution in [3.8, 4) is 0 Å². The molecule has 0 spiro atoms. The molecular formula is C15H23NO4S. The Balaban J connectivity index is 2.27. The van der Waals surface area contributed by atoms with Gasteiger partial charge in [0.05, 0.1) is 19.3 Å². The normalized spacial score (nSPS) is 14.7. The molecule has 0 saturated carbocycles. The summed E-state index contributed by atoms with van der Waals surface area (Å²) in [6.45, 7) is 4.17. The Labute approximate surface area is 129 Å². The fourth-order valence-corrected chi connectivity index (χ4v) is 2.63. The molecule has 1 aromatic carbocycles. The average molecular weight is 313 g/mol. The average Bonchev–Trinajstić information content (AvgIpc) is 2.45. The monoisotopic (exact) mass is 313 g/mol. The zero-order valence-corrected chi connectivity index (χ0v) is 13.2. The number of nitrogens with two attached hydrogens (primary N) is 1. The quantitative estimate of drug-likeness (QED) is 0.639. The second-order valence-electron chi connectivity index (χ2n) is 5.38. The lowest BCUT2D eigenvalue weighted by Crippen LogP contribution is -2.47. The van der Waals surface area contributed by atoms with E-state index in [9.17, 15) is 9.90 Å². The fourth-order valence-electron chi connectivity index (χ4n) is 1.63. The lowest BCUT2D eigenvalue weighted by atomic mass is 10.1. The Kier molecular flexibility index (Phi) is 7.17. The number of aliphatic hydroxyl groups is 1. The van der Waals surface area contributed by atoms with E-state index in [1.54, 1.807) is 13.8 Å². The summed E-state index contributed by atoms with van der Waals surface area (Å²) >= 11 is 1.33. The van der Waals surface area contributed by atoms with Crippen molar-refractivity contribution in [2.45, 2.75) is 37.3 Å². The number of thioether (sulfide) groups is 1. The maximum absolute atomic E-state index is 10.9. The molecule has 2 atom stereocenters. The summed E-state index contributed by atoms with van der Waals surface area (Å²) < 4.78 is 4.80. The van der Waals surface area contributed by atoms with Crippen molar-refractivity contribution in [3.05, 3.63) is 35.9 Å². The van der Waals surface area contributed by atoms with Gasteiger partial charge in [0, 0.05) is 10.5 Å². The number of aliphatic hydroxyl groups excluding tert-OH is 1. The number of carboxylic acids is 1. The second kappa shape index (κ2) is 8.38. The molecule has 0 aliphatic carbocycles. The van der Waals surface area contributed by atoms with E-state index in [0.717, 1.165) is 5.56 Å². The van der Waals surface area contributed by atoms with Gasteiger partial charge in [-0.05, 0) is 19.4 Å². The molecule has 21 heavy (non-hydrogen) atoms. The topological polar surface area (TPSA) is 92.8 Å². The highest BCUT2D eigenvalue weighted by Gasteiger charge is 2.33.